The predicted molar refractivity (Wildman–Crippen MR) is 15.5 cm³/mol. The summed E-state index contributed by atoms with van der Waals surface area (Å²) in [5.41, 5.74) is 0. The molecule has 0 rings (SSSR count). The fraction of sp³-hybridized carbons (Fsp3) is 0. The second-order valence-electron chi connectivity index (χ2n) is 0.238. The van der Waals surface area contributed by atoms with Crippen LogP contribution in [0.25, 0.3) is 0 Å². The molecule has 0 aromatic heterocycles. The van der Waals surface area contributed by atoms with Crippen LogP contribution >= 0.6 is 0 Å². The Bertz CT molecular complexity index is 40.8. The summed E-state index contributed by atoms with van der Waals surface area (Å²) in [6.45, 7) is 0. The minimum Gasteiger partial charge on any atom is -1.00 e. The van der Waals surface area contributed by atoms with Gasteiger partial charge in [0.15, 0.2) is 0 Å². The van der Waals surface area contributed by atoms with Crippen LogP contribution in [0.4, 0.5) is 0 Å². The first-order valence-electron chi connectivity index (χ1n) is 0.565. The molecular weight excluding hydrogens is 151 g/mol. The van der Waals surface area contributed by atoms with Crippen molar-refractivity contribution in [3.8, 4) is 0 Å². The third-order valence-corrected chi connectivity index (χ3v) is 0. The van der Waals surface area contributed by atoms with E-state index in [0.717, 1.165) is 0 Å². The van der Waals surface area contributed by atoms with Crippen molar-refractivity contribution >= 4 is 0 Å². The van der Waals surface area contributed by atoms with Crippen LogP contribution in [0, 0.1) is 10.1 Å². The van der Waals surface area contributed by atoms with Gasteiger partial charge in [0.1, 0.15) is 0 Å². The van der Waals surface area contributed by atoms with E-state index >= 15 is 0 Å². The van der Waals surface area contributed by atoms with Gasteiger partial charge in [0.2, 0.25) is 0 Å². The third kappa shape index (κ3) is 247. The first kappa shape index (κ1) is 9.00. The summed E-state index contributed by atoms with van der Waals surface area (Å²) in [6, 6.07) is 0. The van der Waals surface area contributed by atoms with Gasteiger partial charge >= 0.3 is 0 Å². The van der Waals surface area contributed by atoms with E-state index in [1.54, 1.807) is 0 Å². The zero-order chi connectivity index (χ0) is 3.58. The second kappa shape index (κ2) is 4.30. The van der Waals surface area contributed by atoms with Crippen molar-refractivity contribution in [1.82, 2.24) is 0 Å². The van der Waals surface area contributed by atoms with Gasteiger partial charge in [-0.2, -0.15) is 0 Å². The molecule has 1 N–H and O–H groups in total. The summed E-state index contributed by atoms with van der Waals surface area (Å²) in [5.74, 6) is 0. The standard InChI is InChI=1S/HNO3.Y.6H/c2-1(3)4;;;;;;;/h(H,2,3,4);;;;;;;/q;;6*-1. The molecule has 0 spiro atoms. The molecule has 39 valence electrons. The molecule has 0 aliphatic rings. The molecule has 1 radical (unpaired) electrons. The van der Waals surface area contributed by atoms with Crippen LogP contribution in [-0.4, -0.2) is 10.3 Å². The van der Waals surface area contributed by atoms with E-state index in [9.17, 15) is 0 Å². The van der Waals surface area contributed by atoms with Gasteiger partial charge in [-0.05, 0) is 0 Å². The van der Waals surface area contributed by atoms with Gasteiger partial charge in [-0.25, -0.2) is 0 Å². The van der Waals surface area contributed by atoms with Crippen molar-refractivity contribution in [2.24, 2.45) is 0 Å². The van der Waals surface area contributed by atoms with Crippen molar-refractivity contribution in [2.75, 3.05) is 0 Å². The molecule has 5 heteroatoms. The Morgan fingerprint density at radius 2 is 2.00 bits per heavy atom. The second-order valence-corrected chi connectivity index (χ2v) is 0.238. The summed E-state index contributed by atoms with van der Waals surface area (Å²) < 4.78 is 0. The molecule has 0 fully saturated rings. The van der Waals surface area contributed by atoms with Gasteiger partial charge in [-0.1, -0.05) is 0 Å². The van der Waals surface area contributed by atoms with E-state index in [1.807, 2.05) is 0 Å². The molecule has 0 aliphatic heterocycles. The van der Waals surface area contributed by atoms with Crippen LogP contribution in [0.15, 0.2) is 0 Å². The molecule has 0 saturated heterocycles. The van der Waals surface area contributed by atoms with E-state index < -0.39 is 5.09 Å². The summed E-state index contributed by atoms with van der Waals surface area (Å²) >= 11 is 0. The SMILES string of the molecule is O=[N+]([O-])O.[H-].[H-].[H-].[H-].[H-].[H-].[Y]. The van der Waals surface area contributed by atoms with Gasteiger partial charge in [-0.15, -0.1) is 10.1 Å². The summed E-state index contributed by atoms with van der Waals surface area (Å²) in [6.07, 6.45) is 0. The van der Waals surface area contributed by atoms with Crippen molar-refractivity contribution in [3.63, 3.8) is 0 Å². The van der Waals surface area contributed by atoms with Crippen LogP contribution < -0.4 is 0 Å². The molecule has 0 atom stereocenters. The van der Waals surface area contributed by atoms with Gasteiger partial charge in [0, 0.05) is 32.7 Å². The molecule has 0 unspecified atom stereocenters. The van der Waals surface area contributed by atoms with Crippen molar-refractivity contribution < 1.29 is 51.6 Å². The molecule has 0 aromatic rings. The fourth-order valence-corrected chi connectivity index (χ4v) is 0. The van der Waals surface area contributed by atoms with Crippen LogP contribution in [0.2, 0.25) is 0 Å². The maximum Gasteiger partial charge on any atom is 0.291 e. The Morgan fingerprint density at radius 3 is 2.00 bits per heavy atom. The number of hydrogen-bond acceptors (Lipinski definition) is 2. The van der Waals surface area contributed by atoms with E-state index in [4.69, 9.17) is 15.3 Å². The Balaban J connectivity index is -0.00000000214. The molecule has 0 heterocycles. The molecule has 5 heavy (non-hydrogen) atoms. The number of nitrogens with zero attached hydrogens (tertiary/aromatic N) is 1. The van der Waals surface area contributed by atoms with Gasteiger partial charge in [-0.3, -0.25) is 0 Å². The third-order valence-electron chi connectivity index (χ3n) is 0. The fourth-order valence-electron chi connectivity index (χ4n) is 0. The zero-order valence-corrected chi connectivity index (χ0v) is 5.13. The van der Waals surface area contributed by atoms with Crippen molar-refractivity contribution in [3.05, 3.63) is 10.1 Å². The summed E-state index contributed by atoms with van der Waals surface area (Å²) in [4.78, 5) is 8.36. The van der Waals surface area contributed by atoms with Crippen molar-refractivity contribution in [2.45, 2.75) is 0 Å². The number of hydrogen-bond donors (Lipinski definition) is 1. The van der Waals surface area contributed by atoms with E-state index in [2.05, 4.69) is 0 Å². The topological polar surface area (TPSA) is 63.4 Å². The Labute approximate surface area is 62.1 Å². The molecule has 0 aliphatic carbocycles. The van der Waals surface area contributed by atoms with E-state index in [0.29, 0.717) is 0 Å². The first-order valence-corrected chi connectivity index (χ1v) is 0.565. The van der Waals surface area contributed by atoms with Gasteiger partial charge < -0.3 is 13.8 Å². The maximum atomic E-state index is 8.36. The Morgan fingerprint density at radius 1 is 2.00 bits per heavy atom. The van der Waals surface area contributed by atoms with E-state index in [1.165, 1.54) is 0 Å². The average Bonchev–Trinajstić information content (AvgIpc) is 0.811. The quantitative estimate of drug-likeness (QED) is 0.408. The maximum absolute atomic E-state index is 8.36. The molecule has 0 amide bonds. The van der Waals surface area contributed by atoms with Gasteiger partial charge in [0.25, 0.3) is 5.09 Å². The molecule has 4 nitrogen and oxygen atoms in total. The van der Waals surface area contributed by atoms with Crippen LogP contribution in [0.1, 0.15) is 8.56 Å². The van der Waals surface area contributed by atoms with Crippen molar-refractivity contribution in [1.29, 1.82) is 0 Å². The zero-order valence-electron chi connectivity index (χ0n) is 8.29. The Kier molecular flexibility index (Phi) is 7.75. The summed E-state index contributed by atoms with van der Waals surface area (Å²) in [5, 5.41) is 13.6. The molecule has 0 saturated carbocycles. The normalized spacial score (nSPS) is 4.80. The van der Waals surface area contributed by atoms with Gasteiger partial charge in [0.05, 0.1) is 0 Å². The van der Waals surface area contributed by atoms with Crippen LogP contribution in [-0.2, 0) is 32.7 Å². The minimum atomic E-state index is -1.50. The predicted octanol–water partition coefficient (Wildman–Crippen LogP) is 0.325. The monoisotopic (exact) mass is 158 g/mol. The molecular formula is H7NO3Y-6. The smallest absolute Gasteiger partial charge is 0.291 e. The molecule has 0 bridgehead atoms. The van der Waals surface area contributed by atoms with E-state index in [-0.39, 0.29) is 41.3 Å². The average molecular weight is 158 g/mol. The van der Waals surface area contributed by atoms with Crippen LogP contribution in [0.3, 0.4) is 0 Å². The minimum absolute atomic E-state index is 0. The van der Waals surface area contributed by atoms with Crippen LogP contribution in [0.5, 0.6) is 0 Å². The molecule has 0 aromatic carbocycles. The Hall–Kier alpha value is 0.304. The largest absolute Gasteiger partial charge is 1.00 e. The summed E-state index contributed by atoms with van der Waals surface area (Å²) in [7, 11) is 0. The first-order chi connectivity index (χ1) is 1.73. The number of rotatable bonds is 0.